The zero-order chi connectivity index (χ0) is 46.1. The van der Waals surface area contributed by atoms with Crippen molar-refractivity contribution in [1.29, 1.82) is 0 Å². The fourth-order valence-electron chi connectivity index (χ4n) is 7.92. The van der Waals surface area contributed by atoms with E-state index in [4.69, 9.17) is 25.1 Å². The molecule has 0 aliphatic carbocycles. The van der Waals surface area contributed by atoms with Gasteiger partial charge >= 0.3 is 25.2 Å². The highest BCUT2D eigenvalue weighted by atomic mass is 32.1. The Labute approximate surface area is 368 Å². The zero-order valence-corrected chi connectivity index (χ0v) is 37.7. The molecular weight excluding hydrogens is 862 g/mol. The number of carbonyl (C=O) groups is 5. The van der Waals surface area contributed by atoms with Crippen LogP contribution < -0.4 is 5.32 Å². The summed E-state index contributed by atoms with van der Waals surface area (Å²) in [6, 6.07) is 11.2. The lowest BCUT2D eigenvalue weighted by atomic mass is 9.95. The molecule has 1 aromatic heterocycles. The Bertz CT molecular complexity index is 2270. The Kier molecular flexibility index (Phi) is 14.2. The van der Waals surface area contributed by atoms with Crippen LogP contribution in [-0.4, -0.2) is 102 Å². The van der Waals surface area contributed by atoms with Gasteiger partial charge in [-0.2, -0.15) is 8.78 Å². The van der Waals surface area contributed by atoms with E-state index in [-0.39, 0.29) is 41.1 Å². The number of fused-ring (bicyclic) bond motifs is 2. The van der Waals surface area contributed by atoms with Crippen molar-refractivity contribution in [3.05, 3.63) is 82.0 Å². The van der Waals surface area contributed by atoms with E-state index in [1.54, 1.807) is 4.90 Å². The molecule has 3 saturated heterocycles. The number of benzene rings is 2. The molecule has 6 rings (SSSR count). The number of likely N-dealkylation sites (tertiary alicyclic amines) is 1. The molecule has 3 fully saturated rings. The molecular formula is C44H53F2N4O11PS. The Morgan fingerprint density at radius 1 is 0.905 bits per heavy atom. The number of nitrogens with zero attached hydrogens (tertiary/aromatic N) is 3. The van der Waals surface area contributed by atoms with Crippen LogP contribution in [0.15, 0.2) is 54.6 Å². The molecule has 19 heteroatoms. The highest BCUT2D eigenvalue weighted by Gasteiger charge is 2.56. The number of rotatable bonds is 12. The Morgan fingerprint density at radius 3 is 2.13 bits per heavy atom. The third-order valence-electron chi connectivity index (χ3n) is 11.5. The summed E-state index contributed by atoms with van der Waals surface area (Å²) in [5.74, 6) is -3.36. The van der Waals surface area contributed by atoms with Crippen molar-refractivity contribution in [3.63, 3.8) is 0 Å². The van der Waals surface area contributed by atoms with Crippen molar-refractivity contribution in [2.75, 3.05) is 26.7 Å². The lowest BCUT2D eigenvalue weighted by molar-refractivity contribution is -0.163. The number of thiophene rings is 1. The van der Waals surface area contributed by atoms with Gasteiger partial charge in [-0.3, -0.25) is 37.6 Å². The van der Waals surface area contributed by atoms with E-state index in [2.05, 4.69) is 10.2 Å². The molecule has 15 nitrogen and oxygen atoms in total. The summed E-state index contributed by atoms with van der Waals surface area (Å²) in [6.45, 7) is 15.1. The number of amides is 3. The minimum absolute atomic E-state index is 0.0356. The van der Waals surface area contributed by atoms with Crippen molar-refractivity contribution in [1.82, 2.24) is 15.1 Å². The van der Waals surface area contributed by atoms with Crippen LogP contribution in [0.5, 0.6) is 0 Å². The number of hydrogen-bond acceptors (Lipinski definition) is 12. The van der Waals surface area contributed by atoms with Gasteiger partial charge in [-0.1, -0.05) is 36.4 Å². The van der Waals surface area contributed by atoms with Crippen LogP contribution in [0.25, 0.3) is 14.9 Å². The molecule has 3 aliphatic rings. The molecule has 3 aromatic rings. The molecule has 2 aromatic carbocycles. The Hall–Kier alpha value is -4.79. The van der Waals surface area contributed by atoms with Crippen molar-refractivity contribution in [2.24, 2.45) is 10.8 Å². The van der Waals surface area contributed by atoms with Crippen LogP contribution in [0.3, 0.4) is 0 Å². The summed E-state index contributed by atoms with van der Waals surface area (Å²) in [6.07, 6.45) is 0.649. The second-order valence-corrected chi connectivity index (χ2v) is 21.4. The molecule has 340 valence electrons. The number of alkyl halides is 2. The smallest absolute Gasteiger partial charge is 0.410 e. The molecule has 6 atom stereocenters. The van der Waals surface area contributed by atoms with E-state index in [0.717, 1.165) is 29.0 Å². The van der Waals surface area contributed by atoms with Crippen molar-refractivity contribution < 1.29 is 60.9 Å². The standard InChI is InChI=1S/C44H53F2N4O11PS/c1-42(2,3)40(55)58-24-60-62(57,61-25-59-41(56)43(4,5)6)44(45,46)28-13-18-35-27(19-28)20-36(63-35)37(52)48-32-21-30(51)16-14-29-15-17-34(50(29)38(32)53)39(54)49-22-31(33(23-49)47-7)26-11-9-8-10-12-26/h8-13,18-20,29-34,51H,14-17,21-25H2,1-6H3,(H,48,52)/t29-,30-,31+,32-,33-,34-/m0/s1. The van der Waals surface area contributed by atoms with Crippen LogP contribution in [0.1, 0.15) is 100 Å². The number of aliphatic hydroxyl groups is 1. The van der Waals surface area contributed by atoms with Gasteiger partial charge in [-0.05, 0) is 96.4 Å². The molecule has 0 radical (unpaired) electrons. The molecule has 0 bridgehead atoms. The van der Waals surface area contributed by atoms with Crippen molar-refractivity contribution >= 4 is 58.7 Å². The summed E-state index contributed by atoms with van der Waals surface area (Å²) in [4.78, 5) is 74.0. The minimum atomic E-state index is -5.62. The maximum atomic E-state index is 16.3. The maximum Gasteiger partial charge on any atom is 0.410 e. The van der Waals surface area contributed by atoms with E-state index < -0.39 is 91.2 Å². The molecule has 2 N–H and O–H groups in total. The molecule has 0 unspecified atom stereocenters. The van der Waals surface area contributed by atoms with Crippen LogP contribution in [0.2, 0.25) is 0 Å². The summed E-state index contributed by atoms with van der Waals surface area (Å²) in [5.41, 5.74) is -6.38. The third-order valence-corrected chi connectivity index (χ3v) is 14.4. The number of ether oxygens (including phenoxy) is 2. The van der Waals surface area contributed by atoms with Crippen molar-refractivity contribution in [3.8, 4) is 0 Å². The average molecular weight is 915 g/mol. The fourth-order valence-corrected chi connectivity index (χ4v) is 10.1. The molecule has 0 saturated carbocycles. The lowest BCUT2D eigenvalue weighted by Crippen LogP contribution is -2.57. The molecule has 4 heterocycles. The minimum Gasteiger partial charge on any atom is -0.438 e. The first-order valence-electron chi connectivity index (χ1n) is 20.7. The first kappa shape index (κ1) is 47.7. The first-order chi connectivity index (χ1) is 29.5. The zero-order valence-electron chi connectivity index (χ0n) is 36.0. The van der Waals surface area contributed by atoms with Gasteiger partial charge in [0.1, 0.15) is 12.1 Å². The van der Waals surface area contributed by atoms with E-state index >= 15 is 8.78 Å². The second kappa shape index (κ2) is 18.7. The molecule has 63 heavy (non-hydrogen) atoms. The third kappa shape index (κ3) is 10.4. The lowest BCUT2D eigenvalue weighted by Gasteiger charge is -2.37. The van der Waals surface area contributed by atoms with E-state index in [1.165, 1.54) is 58.6 Å². The van der Waals surface area contributed by atoms with Gasteiger partial charge in [0.05, 0.1) is 34.3 Å². The van der Waals surface area contributed by atoms with Gasteiger partial charge in [0.2, 0.25) is 31.4 Å². The van der Waals surface area contributed by atoms with E-state index in [0.29, 0.717) is 36.9 Å². The van der Waals surface area contributed by atoms with Crippen LogP contribution in [-0.2, 0) is 47.9 Å². The number of carbonyl (C=O) groups excluding carboxylic acids is 5. The summed E-state index contributed by atoms with van der Waals surface area (Å²) in [5, 5.41) is 13.7. The average Bonchev–Trinajstić information content (AvgIpc) is 3.98. The van der Waals surface area contributed by atoms with Gasteiger partial charge < -0.3 is 34.5 Å². The molecule has 3 amide bonds. The van der Waals surface area contributed by atoms with E-state index in [1.807, 2.05) is 30.3 Å². The van der Waals surface area contributed by atoms with E-state index in [9.17, 15) is 33.6 Å². The normalized spacial score (nSPS) is 23.4. The van der Waals surface area contributed by atoms with Gasteiger partial charge in [0.15, 0.2) is 0 Å². The second-order valence-electron chi connectivity index (χ2n) is 18.2. The number of aliphatic hydroxyl groups excluding tert-OH is 1. The number of hydrogen-bond donors (Lipinski definition) is 2. The largest absolute Gasteiger partial charge is 0.438 e. The van der Waals surface area contributed by atoms with Gasteiger partial charge in [0, 0.05) is 29.3 Å². The summed E-state index contributed by atoms with van der Waals surface area (Å²) < 4.78 is 66.7. The van der Waals surface area contributed by atoms with Crippen molar-refractivity contribution in [2.45, 2.75) is 115 Å². The molecule has 0 spiro atoms. The Morgan fingerprint density at radius 2 is 1.52 bits per heavy atom. The van der Waals surface area contributed by atoms with Crippen LogP contribution in [0.4, 0.5) is 8.78 Å². The predicted octanol–water partition coefficient (Wildman–Crippen LogP) is 7.19. The van der Waals surface area contributed by atoms with Crippen LogP contribution >= 0.6 is 18.9 Å². The van der Waals surface area contributed by atoms with Gasteiger partial charge in [-0.25, -0.2) is 6.57 Å². The summed E-state index contributed by atoms with van der Waals surface area (Å²) in [7, 11) is -5.62. The highest BCUT2D eigenvalue weighted by Crippen LogP contribution is 2.67. The summed E-state index contributed by atoms with van der Waals surface area (Å²) >= 11 is 0.937. The van der Waals surface area contributed by atoms with Gasteiger partial charge in [-0.15, -0.1) is 11.3 Å². The first-order valence-corrected chi connectivity index (χ1v) is 23.1. The number of nitrogens with one attached hydrogen (secondary N) is 1. The highest BCUT2D eigenvalue weighted by molar-refractivity contribution is 7.54. The van der Waals surface area contributed by atoms with Crippen LogP contribution in [0, 0.1) is 17.4 Å². The topological polar surface area (TPSA) is 182 Å². The Balaban J connectivity index is 1.19. The number of halogens is 2. The SMILES string of the molecule is [C-]#[N+][C@H]1CN(C(=O)[C@@H]2CC[C@@H]3CC[C@H](O)C[C@H](NC(=O)c4cc5cc(C(F)(F)P(=O)(OCOC(=O)C(C)(C)C)OCOC(=O)C(C)(C)C)ccc5s4)C(=O)N32)C[C@@H]1c1ccccc1. The molecule has 3 aliphatic heterocycles. The predicted molar refractivity (Wildman–Crippen MR) is 227 cm³/mol. The quantitative estimate of drug-likeness (QED) is 0.0813. The monoisotopic (exact) mass is 914 g/mol. The van der Waals surface area contributed by atoms with Gasteiger partial charge in [0.25, 0.3) is 5.91 Å². The maximum absolute atomic E-state index is 16.3. The fraction of sp³-hybridized carbons (Fsp3) is 0.545. The number of esters is 2.